The standard InChI is InChI=1S/C15H24F2O9S/c1-12(4-22-6-13(2)8-25-13,5-23-7-14(3)9-26-14)11(18)24-10-15(16,17)27(19,20)21/h4-10H2,1-3H3,(H,19,20,21). The molecule has 2 unspecified atom stereocenters. The van der Waals surface area contributed by atoms with Crippen molar-refractivity contribution in [2.45, 2.75) is 37.2 Å². The molecule has 0 saturated carbocycles. The molecule has 2 heterocycles. The molecule has 0 spiro atoms. The molecule has 2 atom stereocenters. The molecule has 2 fully saturated rings. The first-order chi connectivity index (χ1) is 12.2. The molecule has 2 saturated heterocycles. The van der Waals surface area contributed by atoms with Gasteiger partial charge in [-0.15, -0.1) is 0 Å². The van der Waals surface area contributed by atoms with Crippen LogP contribution < -0.4 is 0 Å². The number of epoxide rings is 2. The lowest BCUT2D eigenvalue weighted by atomic mass is 9.93. The van der Waals surface area contributed by atoms with Crippen molar-refractivity contribution < 1.29 is 50.2 Å². The first-order valence-electron chi connectivity index (χ1n) is 8.16. The Morgan fingerprint density at radius 3 is 1.81 bits per heavy atom. The van der Waals surface area contributed by atoms with E-state index in [0.717, 1.165) is 0 Å². The Balaban J connectivity index is 1.94. The van der Waals surface area contributed by atoms with Gasteiger partial charge in [0.1, 0.15) is 16.6 Å². The molecule has 0 amide bonds. The molecule has 0 aromatic heterocycles. The highest BCUT2D eigenvalue weighted by molar-refractivity contribution is 7.86. The minimum atomic E-state index is -5.71. The number of alkyl halides is 2. The first kappa shape index (κ1) is 22.4. The van der Waals surface area contributed by atoms with Gasteiger partial charge in [0.05, 0.1) is 39.6 Å². The van der Waals surface area contributed by atoms with Gasteiger partial charge in [0.15, 0.2) is 6.61 Å². The fourth-order valence-corrected chi connectivity index (χ4v) is 2.16. The van der Waals surface area contributed by atoms with E-state index in [2.05, 4.69) is 4.74 Å². The number of rotatable bonds is 12. The highest BCUT2D eigenvalue weighted by atomic mass is 32.2. The Morgan fingerprint density at radius 1 is 1.07 bits per heavy atom. The van der Waals surface area contributed by atoms with Crippen LogP contribution in [0, 0.1) is 5.41 Å². The summed E-state index contributed by atoms with van der Waals surface area (Å²) in [6.45, 7) is 4.08. The van der Waals surface area contributed by atoms with Gasteiger partial charge in [-0.3, -0.25) is 9.35 Å². The summed E-state index contributed by atoms with van der Waals surface area (Å²) < 4.78 is 82.0. The van der Waals surface area contributed by atoms with Crippen LogP contribution in [-0.2, 0) is 38.6 Å². The van der Waals surface area contributed by atoms with Crippen molar-refractivity contribution in [3.8, 4) is 0 Å². The van der Waals surface area contributed by atoms with Gasteiger partial charge in [-0.25, -0.2) is 0 Å². The molecule has 27 heavy (non-hydrogen) atoms. The smallest absolute Gasteiger partial charge is 0.402 e. The fraction of sp³-hybridized carbons (Fsp3) is 0.933. The van der Waals surface area contributed by atoms with Gasteiger partial charge in [-0.1, -0.05) is 0 Å². The van der Waals surface area contributed by atoms with Crippen LogP contribution in [-0.4, -0.2) is 81.6 Å². The van der Waals surface area contributed by atoms with Crippen LogP contribution in [0.25, 0.3) is 0 Å². The number of carbonyl (C=O) groups is 1. The average Bonchev–Trinajstić information content (AvgIpc) is 3.44. The van der Waals surface area contributed by atoms with Crippen molar-refractivity contribution in [1.29, 1.82) is 0 Å². The van der Waals surface area contributed by atoms with Crippen LogP contribution in [0.4, 0.5) is 8.78 Å². The Labute approximate surface area is 156 Å². The van der Waals surface area contributed by atoms with Gasteiger partial charge < -0.3 is 23.7 Å². The van der Waals surface area contributed by atoms with E-state index in [-0.39, 0.29) is 26.4 Å². The lowest BCUT2D eigenvalue weighted by Crippen LogP contribution is -2.43. The normalized spacial score (nSPS) is 29.9. The number of hydrogen-bond donors (Lipinski definition) is 1. The van der Waals surface area contributed by atoms with Gasteiger partial charge in [0, 0.05) is 0 Å². The second-order valence-corrected chi connectivity index (χ2v) is 9.26. The van der Waals surface area contributed by atoms with Crippen LogP contribution in [0.15, 0.2) is 0 Å². The molecule has 0 aliphatic carbocycles. The Hall–Kier alpha value is -0.920. The molecule has 12 heteroatoms. The van der Waals surface area contributed by atoms with Crippen molar-refractivity contribution in [1.82, 2.24) is 0 Å². The molecule has 0 bridgehead atoms. The highest BCUT2D eigenvalue weighted by Gasteiger charge is 2.48. The highest BCUT2D eigenvalue weighted by Crippen LogP contribution is 2.30. The summed E-state index contributed by atoms with van der Waals surface area (Å²) in [6.07, 6.45) is 0. The van der Waals surface area contributed by atoms with Crippen LogP contribution >= 0.6 is 0 Å². The molecule has 2 aliphatic heterocycles. The molecule has 2 aliphatic rings. The second-order valence-electron chi connectivity index (χ2n) is 7.71. The van der Waals surface area contributed by atoms with Gasteiger partial charge in [0.2, 0.25) is 0 Å². The zero-order chi connectivity index (χ0) is 20.6. The maximum Gasteiger partial charge on any atom is 0.402 e. The quantitative estimate of drug-likeness (QED) is 0.276. The van der Waals surface area contributed by atoms with Gasteiger partial charge in [-0.2, -0.15) is 17.2 Å². The lowest BCUT2D eigenvalue weighted by Gasteiger charge is -2.28. The second kappa shape index (κ2) is 7.48. The predicted octanol–water partition coefficient (Wildman–Crippen LogP) is 0.628. The van der Waals surface area contributed by atoms with Gasteiger partial charge >= 0.3 is 21.3 Å². The third-order valence-electron chi connectivity index (χ3n) is 4.17. The number of hydrogen-bond acceptors (Lipinski definition) is 8. The largest absolute Gasteiger partial charge is 0.457 e. The van der Waals surface area contributed by atoms with Crippen LogP contribution in [0.3, 0.4) is 0 Å². The minimum Gasteiger partial charge on any atom is -0.457 e. The van der Waals surface area contributed by atoms with Crippen LogP contribution in [0.2, 0.25) is 0 Å². The van der Waals surface area contributed by atoms with Crippen molar-refractivity contribution in [3.05, 3.63) is 0 Å². The van der Waals surface area contributed by atoms with Crippen molar-refractivity contribution in [3.63, 3.8) is 0 Å². The zero-order valence-electron chi connectivity index (χ0n) is 15.3. The number of esters is 1. The molecule has 1 N–H and O–H groups in total. The topological polar surface area (TPSA) is 124 Å². The van der Waals surface area contributed by atoms with Gasteiger partial charge in [0.25, 0.3) is 0 Å². The first-order valence-corrected chi connectivity index (χ1v) is 9.60. The zero-order valence-corrected chi connectivity index (χ0v) is 16.1. The summed E-state index contributed by atoms with van der Waals surface area (Å²) >= 11 is 0. The van der Waals surface area contributed by atoms with E-state index in [9.17, 15) is 22.0 Å². The summed E-state index contributed by atoms with van der Waals surface area (Å²) in [7, 11) is -5.71. The van der Waals surface area contributed by atoms with E-state index >= 15 is 0 Å². The molecular formula is C15H24F2O9S. The molecule has 158 valence electrons. The summed E-state index contributed by atoms with van der Waals surface area (Å²) in [5.74, 6) is -1.14. The minimum absolute atomic E-state index is 0.178. The maximum atomic E-state index is 13.3. The van der Waals surface area contributed by atoms with Crippen LogP contribution in [0.5, 0.6) is 0 Å². The molecule has 9 nitrogen and oxygen atoms in total. The maximum absolute atomic E-state index is 13.3. The van der Waals surface area contributed by atoms with Crippen molar-refractivity contribution in [2.24, 2.45) is 5.41 Å². The third kappa shape index (κ3) is 6.29. The lowest BCUT2D eigenvalue weighted by molar-refractivity contribution is -0.170. The van der Waals surface area contributed by atoms with E-state index in [4.69, 9.17) is 23.5 Å². The summed E-state index contributed by atoms with van der Waals surface area (Å²) in [5.41, 5.74) is -2.37. The molecular weight excluding hydrogens is 394 g/mol. The molecule has 0 aromatic rings. The molecule has 0 radical (unpaired) electrons. The Kier molecular flexibility index (Phi) is 6.20. The molecule has 0 aromatic carbocycles. The van der Waals surface area contributed by atoms with E-state index in [1.165, 1.54) is 6.92 Å². The number of ether oxygens (including phenoxy) is 5. The SMILES string of the molecule is CC1(COCC(C)(COCC2(C)CO2)C(=O)OCC(F)(F)S(=O)(=O)O)CO1. The Morgan fingerprint density at radius 2 is 1.48 bits per heavy atom. The summed E-state index contributed by atoms with van der Waals surface area (Å²) in [6, 6.07) is 0. The number of carbonyl (C=O) groups excluding carboxylic acids is 1. The van der Waals surface area contributed by atoms with Gasteiger partial charge in [-0.05, 0) is 20.8 Å². The van der Waals surface area contributed by atoms with E-state index in [0.29, 0.717) is 13.2 Å². The molecule has 2 rings (SSSR count). The Bertz CT molecular complexity index is 632. The fourth-order valence-electron chi connectivity index (χ4n) is 1.96. The average molecular weight is 418 g/mol. The van der Waals surface area contributed by atoms with Crippen molar-refractivity contribution in [2.75, 3.05) is 46.2 Å². The number of halogens is 2. The monoisotopic (exact) mass is 418 g/mol. The van der Waals surface area contributed by atoms with Crippen LogP contribution in [0.1, 0.15) is 20.8 Å². The van der Waals surface area contributed by atoms with Crippen molar-refractivity contribution >= 4 is 16.1 Å². The van der Waals surface area contributed by atoms with E-state index < -0.39 is 44.6 Å². The predicted molar refractivity (Wildman–Crippen MR) is 85.9 cm³/mol. The third-order valence-corrected chi connectivity index (χ3v) is 5.04. The summed E-state index contributed by atoms with van der Waals surface area (Å²) in [4.78, 5) is 12.3. The van der Waals surface area contributed by atoms with E-state index in [1.54, 1.807) is 13.8 Å². The summed E-state index contributed by atoms with van der Waals surface area (Å²) in [5, 5.41) is -4.62. The van der Waals surface area contributed by atoms with E-state index in [1.807, 2.05) is 0 Å².